The van der Waals surface area contributed by atoms with Crippen molar-refractivity contribution in [1.29, 1.82) is 0 Å². The van der Waals surface area contributed by atoms with Gasteiger partial charge in [0.25, 0.3) is 0 Å². The second kappa shape index (κ2) is 11.5. The Kier molecular flexibility index (Phi) is 8.20. The Bertz CT molecular complexity index is 1040. The second-order valence-electron chi connectivity index (χ2n) is 9.60. The van der Waals surface area contributed by atoms with Crippen LogP contribution < -0.4 is 4.74 Å². The van der Waals surface area contributed by atoms with Crippen molar-refractivity contribution in [3.05, 3.63) is 78.6 Å². The standard InChI is InChI=1S/C31H37FO/c1-3-5-6-7-8-23-9-11-24(12-10-23)26-15-19-30-27(22-26)16-20-29(31(30)32)25-13-17-28(18-14-25)33-21-4-2/h4,13-20,22-24H,2-3,5-12,21H2,1H3. The maximum absolute atomic E-state index is 15.4. The Morgan fingerprint density at radius 1 is 0.939 bits per heavy atom. The lowest BCUT2D eigenvalue weighted by Gasteiger charge is -2.29. The molecule has 1 aliphatic rings. The van der Waals surface area contributed by atoms with Crippen LogP contribution in [0, 0.1) is 11.7 Å². The molecule has 0 amide bonds. The van der Waals surface area contributed by atoms with Gasteiger partial charge in [-0.25, -0.2) is 4.39 Å². The number of rotatable bonds is 10. The Labute approximate surface area is 198 Å². The van der Waals surface area contributed by atoms with Crippen molar-refractivity contribution in [2.45, 2.75) is 70.6 Å². The predicted molar refractivity (Wildman–Crippen MR) is 138 cm³/mol. The van der Waals surface area contributed by atoms with E-state index >= 15 is 4.39 Å². The van der Waals surface area contributed by atoms with E-state index in [1.54, 1.807) is 6.08 Å². The van der Waals surface area contributed by atoms with Crippen molar-refractivity contribution < 1.29 is 9.13 Å². The largest absolute Gasteiger partial charge is 0.490 e. The third kappa shape index (κ3) is 5.85. The summed E-state index contributed by atoms with van der Waals surface area (Å²) in [5.41, 5.74) is 2.87. The van der Waals surface area contributed by atoms with Gasteiger partial charge in [0.15, 0.2) is 0 Å². The smallest absolute Gasteiger partial charge is 0.138 e. The fraction of sp³-hybridized carbons (Fsp3) is 0.419. The lowest BCUT2D eigenvalue weighted by Crippen LogP contribution is -2.13. The van der Waals surface area contributed by atoms with Gasteiger partial charge < -0.3 is 4.74 Å². The van der Waals surface area contributed by atoms with Gasteiger partial charge in [0.1, 0.15) is 18.2 Å². The van der Waals surface area contributed by atoms with Crippen LogP contribution >= 0.6 is 0 Å². The first-order chi connectivity index (χ1) is 16.2. The molecule has 0 unspecified atom stereocenters. The predicted octanol–water partition coefficient (Wildman–Crippen LogP) is 9.45. The van der Waals surface area contributed by atoms with Crippen molar-refractivity contribution in [3.63, 3.8) is 0 Å². The first kappa shape index (κ1) is 23.5. The molecule has 0 atom stereocenters. The zero-order valence-electron chi connectivity index (χ0n) is 20.0. The van der Waals surface area contributed by atoms with Crippen molar-refractivity contribution in [2.75, 3.05) is 6.61 Å². The van der Waals surface area contributed by atoms with Gasteiger partial charge in [0.2, 0.25) is 0 Å². The number of fused-ring (bicyclic) bond motifs is 1. The molecule has 0 bridgehead atoms. The van der Waals surface area contributed by atoms with Gasteiger partial charge in [-0.3, -0.25) is 0 Å². The monoisotopic (exact) mass is 444 g/mol. The van der Waals surface area contributed by atoms with Crippen molar-refractivity contribution in [3.8, 4) is 16.9 Å². The normalized spacial score (nSPS) is 18.4. The first-order valence-corrected chi connectivity index (χ1v) is 12.8. The van der Waals surface area contributed by atoms with E-state index in [0.29, 0.717) is 23.5 Å². The fourth-order valence-corrected chi connectivity index (χ4v) is 5.32. The van der Waals surface area contributed by atoms with Gasteiger partial charge in [-0.1, -0.05) is 94.1 Å². The van der Waals surface area contributed by atoms with E-state index in [2.05, 4.69) is 31.7 Å². The minimum absolute atomic E-state index is 0.144. The Balaban J connectivity index is 1.43. The highest BCUT2D eigenvalue weighted by molar-refractivity contribution is 5.89. The summed E-state index contributed by atoms with van der Waals surface area (Å²) < 4.78 is 21.0. The lowest BCUT2D eigenvalue weighted by molar-refractivity contribution is 0.302. The van der Waals surface area contributed by atoms with Crippen LogP contribution in [0.5, 0.6) is 5.75 Å². The molecule has 3 aromatic rings. The number of hydrogen-bond acceptors (Lipinski definition) is 1. The maximum atomic E-state index is 15.4. The van der Waals surface area contributed by atoms with E-state index in [0.717, 1.165) is 22.6 Å². The molecule has 0 radical (unpaired) electrons. The van der Waals surface area contributed by atoms with E-state index in [9.17, 15) is 0 Å². The number of hydrogen-bond donors (Lipinski definition) is 0. The van der Waals surface area contributed by atoms with Crippen LogP contribution in [0.1, 0.15) is 76.2 Å². The molecule has 0 heterocycles. The van der Waals surface area contributed by atoms with Gasteiger partial charge in [-0.2, -0.15) is 0 Å². The SMILES string of the molecule is C=CCOc1ccc(-c2ccc3cc(C4CCC(CCCCCC)CC4)ccc3c2F)cc1. The lowest BCUT2D eigenvalue weighted by atomic mass is 9.76. The highest BCUT2D eigenvalue weighted by atomic mass is 19.1. The molecule has 4 rings (SSSR count). The summed E-state index contributed by atoms with van der Waals surface area (Å²) in [5, 5.41) is 1.70. The highest BCUT2D eigenvalue weighted by Crippen LogP contribution is 2.39. The maximum Gasteiger partial charge on any atom is 0.138 e. The molecule has 1 fully saturated rings. The van der Waals surface area contributed by atoms with E-state index in [-0.39, 0.29) is 5.82 Å². The number of halogens is 1. The molecule has 0 saturated heterocycles. The van der Waals surface area contributed by atoms with Crippen molar-refractivity contribution in [1.82, 2.24) is 0 Å². The molecular formula is C31H37FO. The summed E-state index contributed by atoms with van der Waals surface area (Å²) in [7, 11) is 0. The molecule has 33 heavy (non-hydrogen) atoms. The van der Waals surface area contributed by atoms with E-state index in [1.807, 2.05) is 36.4 Å². The molecule has 0 N–H and O–H groups in total. The Morgan fingerprint density at radius 2 is 1.73 bits per heavy atom. The van der Waals surface area contributed by atoms with Crippen LogP contribution in [-0.4, -0.2) is 6.61 Å². The number of ether oxygens (including phenoxy) is 1. The van der Waals surface area contributed by atoms with Gasteiger partial charge >= 0.3 is 0 Å². The van der Waals surface area contributed by atoms with E-state index < -0.39 is 0 Å². The molecule has 0 aliphatic heterocycles. The summed E-state index contributed by atoms with van der Waals surface area (Å²) in [6.45, 7) is 6.40. The van der Waals surface area contributed by atoms with E-state index in [4.69, 9.17) is 4.74 Å². The molecule has 1 saturated carbocycles. The van der Waals surface area contributed by atoms with Crippen LogP contribution in [0.3, 0.4) is 0 Å². The first-order valence-electron chi connectivity index (χ1n) is 12.8. The third-order valence-electron chi connectivity index (χ3n) is 7.30. The summed E-state index contributed by atoms with van der Waals surface area (Å²) in [4.78, 5) is 0. The van der Waals surface area contributed by atoms with Crippen molar-refractivity contribution >= 4 is 10.8 Å². The van der Waals surface area contributed by atoms with Crippen LogP contribution in [0.25, 0.3) is 21.9 Å². The molecule has 1 nitrogen and oxygen atoms in total. The minimum Gasteiger partial charge on any atom is -0.490 e. The molecule has 3 aromatic carbocycles. The number of unbranched alkanes of at least 4 members (excludes halogenated alkanes) is 3. The molecular weight excluding hydrogens is 407 g/mol. The van der Waals surface area contributed by atoms with Crippen LogP contribution in [0.15, 0.2) is 67.3 Å². The summed E-state index contributed by atoms with van der Waals surface area (Å²) in [5.74, 6) is 2.15. The Morgan fingerprint density at radius 3 is 2.45 bits per heavy atom. The van der Waals surface area contributed by atoms with Gasteiger partial charge in [-0.05, 0) is 66.2 Å². The average Bonchev–Trinajstić information content (AvgIpc) is 2.86. The highest BCUT2D eigenvalue weighted by Gasteiger charge is 2.22. The summed E-state index contributed by atoms with van der Waals surface area (Å²) in [6.07, 6.45) is 13.8. The zero-order valence-corrected chi connectivity index (χ0v) is 20.0. The topological polar surface area (TPSA) is 9.23 Å². The van der Waals surface area contributed by atoms with Crippen LogP contribution in [0.4, 0.5) is 4.39 Å². The van der Waals surface area contributed by atoms with Crippen LogP contribution in [-0.2, 0) is 0 Å². The molecule has 2 heteroatoms. The molecule has 0 aromatic heterocycles. The van der Waals surface area contributed by atoms with Crippen LogP contribution in [0.2, 0.25) is 0 Å². The number of benzene rings is 3. The van der Waals surface area contributed by atoms with Gasteiger partial charge in [-0.15, -0.1) is 0 Å². The summed E-state index contributed by atoms with van der Waals surface area (Å²) >= 11 is 0. The molecule has 1 aliphatic carbocycles. The second-order valence-corrected chi connectivity index (χ2v) is 9.60. The summed E-state index contributed by atoms with van der Waals surface area (Å²) in [6, 6.07) is 17.9. The fourth-order valence-electron chi connectivity index (χ4n) is 5.32. The molecule has 0 spiro atoms. The zero-order chi connectivity index (χ0) is 23.0. The van der Waals surface area contributed by atoms with Gasteiger partial charge in [0, 0.05) is 10.9 Å². The van der Waals surface area contributed by atoms with Crippen molar-refractivity contribution in [2.24, 2.45) is 5.92 Å². The minimum atomic E-state index is -0.144. The quantitative estimate of drug-likeness (QED) is 0.223. The third-order valence-corrected chi connectivity index (χ3v) is 7.30. The van der Waals surface area contributed by atoms with Gasteiger partial charge in [0.05, 0.1) is 0 Å². The molecule has 174 valence electrons. The van der Waals surface area contributed by atoms with E-state index in [1.165, 1.54) is 63.4 Å². The average molecular weight is 445 g/mol. The Hall–Kier alpha value is -2.61.